The minimum atomic E-state index is 0.282. The van der Waals surface area contributed by atoms with Crippen molar-refractivity contribution in [3.63, 3.8) is 0 Å². The molecule has 0 spiro atoms. The van der Waals surface area contributed by atoms with E-state index in [-0.39, 0.29) is 5.41 Å². The van der Waals surface area contributed by atoms with Crippen molar-refractivity contribution in [2.75, 3.05) is 6.54 Å². The first-order valence-electron chi connectivity index (χ1n) is 6.04. The minimum Gasteiger partial charge on any atom is -0.330 e. The molecule has 1 aliphatic carbocycles. The van der Waals surface area contributed by atoms with Crippen molar-refractivity contribution in [3.05, 3.63) is 35.4 Å². The van der Waals surface area contributed by atoms with Crippen LogP contribution in [0.3, 0.4) is 0 Å². The number of nitrogens with two attached hydrogens (primary N) is 1. The molecule has 0 unspecified atom stereocenters. The van der Waals surface area contributed by atoms with Crippen LogP contribution in [0, 0.1) is 6.92 Å². The number of rotatable bonds is 2. The van der Waals surface area contributed by atoms with Gasteiger partial charge in [0, 0.05) is 12.0 Å². The maximum Gasteiger partial charge on any atom is 0.00756 e. The smallest absolute Gasteiger partial charge is 0.00756 e. The number of hydrogen-bond donors (Lipinski definition) is 1. The van der Waals surface area contributed by atoms with E-state index in [1.807, 2.05) is 0 Å². The number of hydrogen-bond acceptors (Lipinski definition) is 1. The van der Waals surface area contributed by atoms with Crippen LogP contribution in [0.5, 0.6) is 0 Å². The largest absolute Gasteiger partial charge is 0.330 e. The molecule has 0 amide bonds. The summed E-state index contributed by atoms with van der Waals surface area (Å²) < 4.78 is 0. The second-order valence-corrected chi connectivity index (χ2v) is 4.91. The SMILES string of the molecule is Cc1cccc(C2(CN)CCCCC2)c1. The average molecular weight is 203 g/mol. The van der Waals surface area contributed by atoms with E-state index >= 15 is 0 Å². The summed E-state index contributed by atoms with van der Waals surface area (Å²) in [5.41, 5.74) is 9.12. The van der Waals surface area contributed by atoms with E-state index in [2.05, 4.69) is 31.2 Å². The van der Waals surface area contributed by atoms with Gasteiger partial charge in [-0.15, -0.1) is 0 Å². The van der Waals surface area contributed by atoms with Gasteiger partial charge in [-0.05, 0) is 25.3 Å². The Hall–Kier alpha value is -0.820. The van der Waals surface area contributed by atoms with Crippen molar-refractivity contribution in [1.82, 2.24) is 0 Å². The van der Waals surface area contributed by atoms with Gasteiger partial charge in [0.1, 0.15) is 0 Å². The summed E-state index contributed by atoms with van der Waals surface area (Å²) in [6.07, 6.45) is 6.60. The Kier molecular flexibility index (Phi) is 3.11. The predicted octanol–water partition coefficient (Wildman–Crippen LogP) is 3.16. The predicted molar refractivity (Wildman–Crippen MR) is 65.0 cm³/mol. The van der Waals surface area contributed by atoms with Crippen molar-refractivity contribution >= 4 is 0 Å². The summed E-state index contributed by atoms with van der Waals surface area (Å²) in [6, 6.07) is 8.90. The highest BCUT2D eigenvalue weighted by Crippen LogP contribution is 2.38. The maximum absolute atomic E-state index is 6.02. The highest BCUT2D eigenvalue weighted by atomic mass is 14.6. The van der Waals surface area contributed by atoms with E-state index < -0.39 is 0 Å². The zero-order valence-electron chi connectivity index (χ0n) is 9.63. The van der Waals surface area contributed by atoms with E-state index in [1.165, 1.54) is 43.2 Å². The molecule has 2 N–H and O–H groups in total. The molecule has 1 aromatic rings. The Balaban J connectivity index is 2.32. The molecule has 1 heteroatoms. The fourth-order valence-corrected chi connectivity index (χ4v) is 2.81. The third-order valence-corrected chi connectivity index (χ3v) is 3.83. The molecule has 1 aliphatic rings. The summed E-state index contributed by atoms with van der Waals surface area (Å²) in [6.45, 7) is 2.97. The van der Waals surface area contributed by atoms with Crippen molar-refractivity contribution in [2.24, 2.45) is 5.73 Å². The van der Waals surface area contributed by atoms with E-state index in [0.717, 1.165) is 6.54 Å². The highest BCUT2D eigenvalue weighted by molar-refractivity contribution is 5.30. The fraction of sp³-hybridized carbons (Fsp3) is 0.571. The van der Waals surface area contributed by atoms with Gasteiger partial charge in [0.25, 0.3) is 0 Å². The monoisotopic (exact) mass is 203 g/mol. The van der Waals surface area contributed by atoms with E-state index in [4.69, 9.17) is 5.73 Å². The average Bonchev–Trinajstić information content (AvgIpc) is 2.30. The molecule has 1 aromatic carbocycles. The fourth-order valence-electron chi connectivity index (χ4n) is 2.81. The Labute approximate surface area is 92.7 Å². The molecule has 0 aliphatic heterocycles. The Morgan fingerprint density at radius 2 is 1.93 bits per heavy atom. The van der Waals surface area contributed by atoms with Crippen molar-refractivity contribution in [1.29, 1.82) is 0 Å². The Bertz CT molecular complexity index is 324. The van der Waals surface area contributed by atoms with Crippen molar-refractivity contribution in [3.8, 4) is 0 Å². The van der Waals surface area contributed by atoms with Crippen molar-refractivity contribution in [2.45, 2.75) is 44.4 Å². The quantitative estimate of drug-likeness (QED) is 0.785. The van der Waals surface area contributed by atoms with Gasteiger partial charge in [-0.1, -0.05) is 49.1 Å². The molecule has 1 nitrogen and oxygen atoms in total. The second-order valence-electron chi connectivity index (χ2n) is 4.91. The standard InChI is InChI=1S/C14H21N/c1-12-6-5-7-13(10-12)14(11-15)8-3-2-4-9-14/h5-7,10H,2-4,8-9,11,15H2,1H3. The lowest BCUT2D eigenvalue weighted by Gasteiger charge is -2.37. The first-order valence-corrected chi connectivity index (χ1v) is 6.04. The molecule has 2 rings (SSSR count). The number of aryl methyl sites for hydroxylation is 1. The Morgan fingerprint density at radius 3 is 2.53 bits per heavy atom. The summed E-state index contributed by atoms with van der Waals surface area (Å²) in [7, 11) is 0. The summed E-state index contributed by atoms with van der Waals surface area (Å²) in [5.74, 6) is 0. The highest BCUT2D eigenvalue weighted by Gasteiger charge is 2.32. The van der Waals surface area contributed by atoms with Gasteiger partial charge in [0.15, 0.2) is 0 Å². The van der Waals surface area contributed by atoms with Crippen LogP contribution >= 0.6 is 0 Å². The van der Waals surface area contributed by atoms with Gasteiger partial charge in [-0.3, -0.25) is 0 Å². The van der Waals surface area contributed by atoms with Crippen LogP contribution in [0.2, 0.25) is 0 Å². The molecule has 0 saturated heterocycles. The molecule has 0 atom stereocenters. The van der Waals surface area contributed by atoms with Crippen LogP contribution in [0.25, 0.3) is 0 Å². The molecule has 82 valence electrons. The summed E-state index contributed by atoms with van der Waals surface area (Å²) >= 11 is 0. The lowest BCUT2D eigenvalue weighted by molar-refractivity contribution is 0.300. The molecular weight excluding hydrogens is 182 g/mol. The molecule has 0 heterocycles. The van der Waals surface area contributed by atoms with Gasteiger partial charge >= 0.3 is 0 Å². The number of benzene rings is 1. The molecule has 1 fully saturated rings. The second kappa shape index (κ2) is 4.36. The molecule has 15 heavy (non-hydrogen) atoms. The third kappa shape index (κ3) is 2.07. The summed E-state index contributed by atoms with van der Waals surface area (Å²) in [5, 5.41) is 0. The van der Waals surface area contributed by atoms with Gasteiger partial charge < -0.3 is 5.73 Å². The maximum atomic E-state index is 6.02. The van der Waals surface area contributed by atoms with Crippen LogP contribution in [-0.4, -0.2) is 6.54 Å². The van der Waals surface area contributed by atoms with Gasteiger partial charge in [0.05, 0.1) is 0 Å². The van der Waals surface area contributed by atoms with Crippen molar-refractivity contribution < 1.29 is 0 Å². The lowest BCUT2D eigenvalue weighted by atomic mass is 9.69. The molecule has 0 bridgehead atoms. The van der Waals surface area contributed by atoms with Crippen LogP contribution in [0.4, 0.5) is 0 Å². The van der Waals surface area contributed by atoms with Gasteiger partial charge in [-0.25, -0.2) is 0 Å². The van der Waals surface area contributed by atoms with E-state index in [9.17, 15) is 0 Å². The topological polar surface area (TPSA) is 26.0 Å². The van der Waals surface area contributed by atoms with Crippen LogP contribution in [-0.2, 0) is 5.41 Å². The first kappa shape index (κ1) is 10.7. The zero-order valence-corrected chi connectivity index (χ0v) is 9.63. The third-order valence-electron chi connectivity index (χ3n) is 3.83. The first-order chi connectivity index (χ1) is 7.27. The lowest BCUT2D eigenvalue weighted by Crippen LogP contribution is -2.37. The molecule has 0 aromatic heterocycles. The van der Waals surface area contributed by atoms with E-state index in [1.54, 1.807) is 0 Å². The van der Waals surface area contributed by atoms with Gasteiger partial charge in [0.2, 0.25) is 0 Å². The van der Waals surface area contributed by atoms with Crippen LogP contribution in [0.1, 0.15) is 43.2 Å². The normalized spacial score (nSPS) is 20.1. The molecular formula is C14H21N. The molecule has 1 saturated carbocycles. The van der Waals surface area contributed by atoms with Crippen LogP contribution < -0.4 is 5.73 Å². The zero-order chi connectivity index (χ0) is 10.7. The molecule has 0 radical (unpaired) electrons. The van der Waals surface area contributed by atoms with Crippen LogP contribution in [0.15, 0.2) is 24.3 Å². The Morgan fingerprint density at radius 1 is 1.20 bits per heavy atom. The van der Waals surface area contributed by atoms with E-state index in [0.29, 0.717) is 0 Å². The van der Waals surface area contributed by atoms with Gasteiger partial charge in [-0.2, -0.15) is 0 Å². The minimum absolute atomic E-state index is 0.282. The summed E-state index contributed by atoms with van der Waals surface area (Å²) in [4.78, 5) is 0.